The quantitative estimate of drug-likeness (QED) is 0.354. The maximum Gasteiger partial charge on any atom is 0.163 e. The molecule has 10 heteroatoms. The summed E-state index contributed by atoms with van der Waals surface area (Å²) in [6, 6.07) is 9.04. The summed E-state index contributed by atoms with van der Waals surface area (Å²) >= 11 is 12.6. The molecule has 0 saturated carbocycles. The van der Waals surface area contributed by atoms with Gasteiger partial charge in [0.05, 0.1) is 59.4 Å². The van der Waals surface area contributed by atoms with E-state index < -0.39 is 0 Å². The van der Waals surface area contributed by atoms with Crippen LogP contribution in [0.15, 0.2) is 30.5 Å². The third-order valence-corrected chi connectivity index (χ3v) is 6.82. The molecule has 0 radical (unpaired) electrons. The van der Waals surface area contributed by atoms with Crippen LogP contribution < -0.4 is 19.5 Å². The zero-order valence-corrected chi connectivity index (χ0v) is 21.7. The second-order valence-corrected chi connectivity index (χ2v) is 9.36. The van der Waals surface area contributed by atoms with Crippen LogP contribution in [0.25, 0.3) is 10.9 Å². The smallest absolute Gasteiger partial charge is 0.163 e. The number of hydrogen-bond acceptors (Lipinski definition) is 8. The van der Waals surface area contributed by atoms with Crippen LogP contribution in [0.3, 0.4) is 0 Å². The van der Waals surface area contributed by atoms with Crippen molar-refractivity contribution in [2.75, 3.05) is 45.8 Å². The van der Waals surface area contributed by atoms with Crippen LogP contribution in [0.2, 0.25) is 10.0 Å². The average Bonchev–Trinajstić information content (AvgIpc) is 2.88. The van der Waals surface area contributed by atoms with Crippen LogP contribution in [0.4, 0.5) is 11.4 Å². The predicted octanol–water partition coefficient (Wildman–Crippen LogP) is 5.40. The first-order chi connectivity index (χ1) is 17.4. The van der Waals surface area contributed by atoms with Crippen LogP contribution in [0.1, 0.15) is 24.8 Å². The Balaban J connectivity index is 1.57. The molecule has 0 atom stereocenters. The fraction of sp³-hybridized carbons (Fsp3) is 0.385. The molecular formula is C26H28Cl2N4O4. The highest BCUT2D eigenvalue weighted by atomic mass is 35.5. The molecule has 2 heterocycles. The summed E-state index contributed by atoms with van der Waals surface area (Å²) in [7, 11) is 3.09. The molecule has 2 aromatic carbocycles. The molecule has 0 unspecified atom stereocenters. The minimum Gasteiger partial charge on any atom is -0.495 e. The third-order valence-electron chi connectivity index (χ3n) is 6.21. The molecule has 1 aromatic heterocycles. The first-order valence-corrected chi connectivity index (χ1v) is 12.4. The molecule has 0 bridgehead atoms. The number of piperidine rings is 1. The number of aliphatic hydroxyl groups excluding tert-OH is 1. The van der Waals surface area contributed by atoms with Gasteiger partial charge in [-0.1, -0.05) is 23.2 Å². The summed E-state index contributed by atoms with van der Waals surface area (Å²) in [5, 5.41) is 24.1. The summed E-state index contributed by atoms with van der Waals surface area (Å²) in [6.07, 6.45) is 3.82. The summed E-state index contributed by atoms with van der Waals surface area (Å²) in [5.74, 6) is 1.56. The van der Waals surface area contributed by atoms with E-state index in [4.69, 9.17) is 37.4 Å². The maximum atomic E-state index is 9.73. The van der Waals surface area contributed by atoms with Crippen LogP contribution in [-0.4, -0.2) is 61.6 Å². The van der Waals surface area contributed by atoms with E-state index in [0.29, 0.717) is 61.7 Å². The monoisotopic (exact) mass is 530 g/mol. The Bertz CT molecular complexity index is 1270. The lowest BCUT2D eigenvalue weighted by Gasteiger charge is -2.29. The van der Waals surface area contributed by atoms with E-state index in [1.54, 1.807) is 25.3 Å². The van der Waals surface area contributed by atoms with Gasteiger partial charge in [0.2, 0.25) is 0 Å². The Hall–Kier alpha value is -2.96. The minimum atomic E-state index is -0.175. The average molecular weight is 531 g/mol. The number of nitrogens with zero attached hydrogens (tertiary/aromatic N) is 3. The standard InChI is InChI=1S/C26H28Cl2N4O4/c1-34-23-13-22(19(27)11-20(23)28)31-26-16(14-29)15-30-21-12-25(24(35-2)10-18(21)26)36-9-3-6-32-7-4-17(33)5-8-32/h10-13,15,17,33H,3-9H2,1-2H3,(H,30,31). The van der Waals surface area contributed by atoms with Crippen LogP contribution >= 0.6 is 23.2 Å². The fourth-order valence-electron chi connectivity index (χ4n) is 4.22. The van der Waals surface area contributed by atoms with Crippen LogP contribution in [-0.2, 0) is 0 Å². The summed E-state index contributed by atoms with van der Waals surface area (Å²) in [6.45, 7) is 3.24. The first kappa shape index (κ1) is 26.1. The number of halogens is 2. The van der Waals surface area contributed by atoms with Crippen molar-refractivity contribution in [2.24, 2.45) is 0 Å². The van der Waals surface area contributed by atoms with Crippen molar-refractivity contribution in [3.05, 3.63) is 46.1 Å². The van der Waals surface area contributed by atoms with Gasteiger partial charge in [-0.05, 0) is 31.4 Å². The number of likely N-dealkylation sites (tertiary alicyclic amines) is 1. The van der Waals surface area contributed by atoms with E-state index >= 15 is 0 Å². The summed E-state index contributed by atoms with van der Waals surface area (Å²) < 4.78 is 17.0. The van der Waals surface area contributed by atoms with Gasteiger partial charge in [-0.2, -0.15) is 5.26 Å². The largest absolute Gasteiger partial charge is 0.495 e. The van der Waals surface area contributed by atoms with E-state index in [2.05, 4.69) is 21.3 Å². The van der Waals surface area contributed by atoms with Gasteiger partial charge in [0.25, 0.3) is 0 Å². The molecule has 3 aromatic rings. The van der Waals surface area contributed by atoms with Gasteiger partial charge in [0.1, 0.15) is 11.8 Å². The van der Waals surface area contributed by atoms with Crippen LogP contribution in [0, 0.1) is 11.3 Å². The molecular weight excluding hydrogens is 503 g/mol. The number of pyridine rings is 1. The molecule has 1 aliphatic heterocycles. The molecule has 0 aliphatic carbocycles. The zero-order valence-electron chi connectivity index (χ0n) is 20.2. The summed E-state index contributed by atoms with van der Waals surface area (Å²) in [4.78, 5) is 6.80. The van der Waals surface area contributed by atoms with E-state index in [1.807, 2.05) is 6.07 Å². The van der Waals surface area contributed by atoms with Crippen molar-refractivity contribution in [2.45, 2.75) is 25.4 Å². The molecule has 0 spiro atoms. The Labute approximate surface area is 220 Å². The SMILES string of the molecule is COc1cc(Nc2c(C#N)cnc3cc(OCCCN4CCC(O)CC4)c(OC)cc23)c(Cl)cc1Cl. The number of aromatic nitrogens is 1. The molecule has 8 nitrogen and oxygen atoms in total. The van der Waals surface area contributed by atoms with Gasteiger partial charge in [0.15, 0.2) is 11.5 Å². The van der Waals surface area contributed by atoms with Gasteiger partial charge in [0, 0.05) is 43.4 Å². The fourth-order valence-corrected chi connectivity index (χ4v) is 4.73. The van der Waals surface area contributed by atoms with Crippen molar-refractivity contribution in [3.8, 4) is 23.3 Å². The number of aliphatic hydroxyl groups is 1. The number of nitrogens with one attached hydrogen (secondary N) is 1. The van der Waals surface area contributed by atoms with Gasteiger partial charge in [-0.25, -0.2) is 0 Å². The van der Waals surface area contributed by atoms with Crippen molar-refractivity contribution in [1.29, 1.82) is 5.26 Å². The molecule has 4 rings (SSSR count). The van der Waals surface area contributed by atoms with Crippen molar-refractivity contribution >= 4 is 45.5 Å². The molecule has 190 valence electrons. The highest BCUT2D eigenvalue weighted by Gasteiger charge is 2.18. The molecule has 0 amide bonds. The second-order valence-electron chi connectivity index (χ2n) is 8.55. The highest BCUT2D eigenvalue weighted by molar-refractivity contribution is 6.37. The Morgan fingerprint density at radius 1 is 1.08 bits per heavy atom. The van der Waals surface area contributed by atoms with E-state index in [-0.39, 0.29) is 6.10 Å². The van der Waals surface area contributed by atoms with Crippen molar-refractivity contribution < 1.29 is 19.3 Å². The molecule has 36 heavy (non-hydrogen) atoms. The van der Waals surface area contributed by atoms with E-state index in [0.717, 1.165) is 38.9 Å². The van der Waals surface area contributed by atoms with Gasteiger partial charge >= 0.3 is 0 Å². The molecule has 1 saturated heterocycles. The highest BCUT2D eigenvalue weighted by Crippen LogP contribution is 2.40. The number of anilines is 2. The first-order valence-electron chi connectivity index (χ1n) is 11.7. The molecule has 1 fully saturated rings. The Morgan fingerprint density at radius 2 is 1.83 bits per heavy atom. The molecule has 2 N–H and O–H groups in total. The van der Waals surface area contributed by atoms with Gasteiger partial charge < -0.3 is 29.5 Å². The number of methoxy groups -OCH3 is 2. The third kappa shape index (κ3) is 5.88. The molecule has 1 aliphatic rings. The lowest BCUT2D eigenvalue weighted by molar-refractivity contribution is 0.0799. The zero-order chi connectivity index (χ0) is 25.7. The number of nitriles is 1. The van der Waals surface area contributed by atoms with Crippen molar-refractivity contribution in [1.82, 2.24) is 9.88 Å². The minimum absolute atomic E-state index is 0.175. The number of hydrogen-bond donors (Lipinski definition) is 2. The normalized spacial score (nSPS) is 14.4. The maximum absolute atomic E-state index is 9.73. The predicted molar refractivity (Wildman–Crippen MR) is 141 cm³/mol. The number of rotatable bonds is 9. The van der Waals surface area contributed by atoms with Crippen LogP contribution in [0.5, 0.6) is 17.2 Å². The lowest BCUT2D eigenvalue weighted by atomic mass is 10.1. The Kier molecular flexibility index (Phi) is 8.60. The van der Waals surface area contributed by atoms with E-state index in [1.165, 1.54) is 13.3 Å². The lowest BCUT2D eigenvalue weighted by Crippen LogP contribution is -2.36. The summed E-state index contributed by atoms with van der Waals surface area (Å²) in [5.41, 5.74) is 2.04. The number of fused-ring (bicyclic) bond motifs is 1. The number of benzene rings is 2. The Morgan fingerprint density at radius 3 is 2.53 bits per heavy atom. The topological polar surface area (TPSA) is 99.9 Å². The van der Waals surface area contributed by atoms with Crippen molar-refractivity contribution in [3.63, 3.8) is 0 Å². The second kappa shape index (κ2) is 11.8. The van der Waals surface area contributed by atoms with E-state index in [9.17, 15) is 10.4 Å². The van der Waals surface area contributed by atoms with Gasteiger partial charge in [-0.15, -0.1) is 0 Å². The number of ether oxygens (including phenoxy) is 3. The van der Waals surface area contributed by atoms with Gasteiger partial charge in [-0.3, -0.25) is 4.98 Å².